The number of hydrogen-bond donors (Lipinski definition) is 0. The van der Waals surface area contributed by atoms with Gasteiger partial charge in [-0.25, -0.2) is 9.13 Å². The average Bonchev–Trinajstić information content (AvgIpc) is 2.98. The Morgan fingerprint density at radius 1 is 0.952 bits per heavy atom. The van der Waals surface area contributed by atoms with Gasteiger partial charge in [-0.15, -0.1) is 0 Å². The van der Waals surface area contributed by atoms with Gasteiger partial charge in [-0.3, -0.25) is 0 Å². The average molecular weight is 282 g/mol. The van der Waals surface area contributed by atoms with Crippen molar-refractivity contribution in [3.8, 4) is 5.69 Å². The van der Waals surface area contributed by atoms with Gasteiger partial charge < -0.3 is 0 Å². The highest BCUT2D eigenvalue weighted by molar-refractivity contribution is 5.48. The highest BCUT2D eigenvalue weighted by Gasteiger charge is 2.14. The van der Waals surface area contributed by atoms with Crippen molar-refractivity contribution in [3.05, 3.63) is 66.3 Å². The maximum atomic E-state index is 2.23. The molecule has 0 saturated heterocycles. The van der Waals surface area contributed by atoms with Crippen LogP contribution in [0.2, 0.25) is 0 Å². The van der Waals surface area contributed by atoms with E-state index in [-0.39, 0.29) is 0 Å². The molecule has 1 aromatic carbocycles. The van der Waals surface area contributed by atoms with Crippen LogP contribution in [0.4, 0.5) is 0 Å². The summed E-state index contributed by atoms with van der Waals surface area (Å²) in [5.74, 6) is 0. The molecule has 0 bridgehead atoms. The van der Waals surface area contributed by atoms with E-state index in [1.807, 2.05) is 17.8 Å². The molecule has 0 amide bonds. The van der Waals surface area contributed by atoms with Gasteiger partial charge in [-0.05, 0) is 31.9 Å². The lowest BCUT2D eigenvalue weighted by atomic mass is 10.1. The van der Waals surface area contributed by atoms with E-state index in [1.165, 1.54) is 22.4 Å². The Morgan fingerprint density at radius 2 is 1.67 bits per heavy atom. The summed E-state index contributed by atoms with van der Waals surface area (Å²) in [6, 6.07) is 4.47. The molecule has 0 radical (unpaired) electrons. The standard InChI is InChI=1S/C17H22N4/c1-14-9-15(2)17(16(3)10-14)21-8-7-20(13-21)12-19-6-5-18(4)11-19/h5-11,13H,12H2,1-4H3/q+2. The maximum Gasteiger partial charge on any atom is 0.252 e. The molecule has 0 fully saturated rings. The second-order valence-corrected chi connectivity index (χ2v) is 5.82. The summed E-state index contributed by atoms with van der Waals surface area (Å²) in [6.07, 6.45) is 12.6. The van der Waals surface area contributed by atoms with Crippen molar-refractivity contribution in [2.75, 3.05) is 0 Å². The number of rotatable bonds is 3. The van der Waals surface area contributed by atoms with Crippen LogP contribution in [0.5, 0.6) is 0 Å². The fourth-order valence-electron chi connectivity index (χ4n) is 2.96. The van der Waals surface area contributed by atoms with Gasteiger partial charge in [0.1, 0.15) is 30.5 Å². The Labute approximate surface area is 125 Å². The van der Waals surface area contributed by atoms with Crippen molar-refractivity contribution in [2.45, 2.75) is 27.4 Å². The minimum absolute atomic E-state index is 0.817. The third-order valence-corrected chi connectivity index (χ3v) is 3.74. The van der Waals surface area contributed by atoms with E-state index in [2.05, 4.69) is 77.9 Å². The smallest absolute Gasteiger partial charge is 0.239 e. The topological polar surface area (TPSA) is 17.6 Å². The molecule has 0 aliphatic rings. The quantitative estimate of drug-likeness (QED) is 0.652. The van der Waals surface area contributed by atoms with E-state index in [9.17, 15) is 0 Å². The lowest BCUT2D eigenvalue weighted by molar-refractivity contribution is -0.706. The number of hydrogen-bond acceptors (Lipinski definition) is 0. The summed E-state index contributed by atoms with van der Waals surface area (Å²) in [4.78, 5) is 0. The van der Waals surface area contributed by atoms with E-state index in [1.54, 1.807) is 0 Å². The van der Waals surface area contributed by atoms with E-state index < -0.39 is 0 Å². The van der Waals surface area contributed by atoms with E-state index >= 15 is 0 Å². The molecule has 21 heavy (non-hydrogen) atoms. The summed E-state index contributed by atoms with van der Waals surface area (Å²) in [7, 11) is 2.03. The van der Waals surface area contributed by atoms with Crippen LogP contribution in [0.1, 0.15) is 16.7 Å². The van der Waals surface area contributed by atoms with Crippen LogP contribution in [0.15, 0.2) is 49.6 Å². The van der Waals surface area contributed by atoms with Gasteiger partial charge >= 0.3 is 0 Å². The molecular weight excluding hydrogens is 260 g/mol. The molecule has 0 unspecified atom stereocenters. The zero-order valence-corrected chi connectivity index (χ0v) is 13.1. The van der Waals surface area contributed by atoms with Gasteiger partial charge in [0.2, 0.25) is 13.0 Å². The van der Waals surface area contributed by atoms with Crippen LogP contribution >= 0.6 is 0 Å². The van der Waals surface area contributed by atoms with Crippen LogP contribution in [0.25, 0.3) is 5.69 Å². The summed E-state index contributed by atoms with van der Waals surface area (Å²) >= 11 is 0. The number of aromatic nitrogens is 4. The molecule has 4 heteroatoms. The van der Waals surface area contributed by atoms with Crippen LogP contribution in [-0.4, -0.2) is 9.13 Å². The lowest BCUT2D eigenvalue weighted by Crippen LogP contribution is -2.35. The summed E-state index contributed by atoms with van der Waals surface area (Å²) < 4.78 is 8.58. The van der Waals surface area contributed by atoms with Crippen molar-refractivity contribution in [2.24, 2.45) is 7.05 Å². The van der Waals surface area contributed by atoms with Crippen molar-refractivity contribution >= 4 is 0 Å². The molecule has 108 valence electrons. The first kappa shape index (κ1) is 13.6. The highest BCUT2D eigenvalue weighted by Crippen LogP contribution is 2.20. The molecule has 4 nitrogen and oxygen atoms in total. The molecule has 0 N–H and O–H groups in total. The molecule has 3 rings (SSSR count). The largest absolute Gasteiger partial charge is 0.252 e. The number of nitrogens with zero attached hydrogens (tertiary/aromatic N) is 4. The van der Waals surface area contributed by atoms with E-state index in [0.29, 0.717) is 0 Å². The first-order valence-electron chi connectivity index (χ1n) is 7.19. The maximum absolute atomic E-state index is 2.23. The van der Waals surface area contributed by atoms with Gasteiger partial charge in [-0.1, -0.05) is 17.7 Å². The Bertz CT molecular complexity index is 757. The Morgan fingerprint density at radius 3 is 2.29 bits per heavy atom. The Hall–Kier alpha value is -2.36. The first-order chi connectivity index (χ1) is 10.0. The molecule has 0 aliphatic carbocycles. The lowest BCUT2D eigenvalue weighted by Gasteiger charge is -2.06. The fraction of sp³-hybridized carbons (Fsp3) is 0.294. The van der Waals surface area contributed by atoms with E-state index in [0.717, 1.165) is 6.67 Å². The van der Waals surface area contributed by atoms with Gasteiger partial charge in [-0.2, -0.15) is 9.13 Å². The molecule has 0 saturated carbocycles. The SMILES string of the molecule is Cc1cc(C)c(-n2cc[n+](Cn3cc[n+](C)c3)c2)c(C)c1. The Kier molecular flexibility index (Phi) is 3.37. The van der Waals surface area contributed by atoms with Crippen molar-refractivity contribution < 1.29 is 9.13 Å². The minimum Gasteiger partial charge on any atom is -0.239 e. The van der Waals surface area contributed by atoms with Gasteiger partial charge in [0.15, 0.2) is 0 Å². The monoisotopic (exact) mass is 282 g/mol. The molecule has 0 aliphatic heterocycles. The number of benzene rings is 1. The van der Waals surface area contributed by atoms with Crippen molar-refractivity contribution in [1.29, 1.82) is 0 Å². The molecular formula is C17H22N4+2. The predicted octanol–water partition coefficient (Wildman–Crippen LogP) is 1.82. The predicted molar refractivity (Wildman–Crippen MR) is 81.2 cm³/mol. The molecule has 0 atom stereocenters. The summed E-state index contributed by atoms with van der Waals surface area (Å²) in [5.41, 5.74) is 5.20. The van der Waals surface area contributed by atoms with Gasteiger partial charge in [0.25, 0.3) is 6.33 Å². The number of imidazole rings is 2. The van der Waals surface area contributed by atoms with Gasteiger partial charge in [0, 0.05) is 0 Å². The summed E-state index contributed by atoms with van der Waals surface area (Å²) in [6.45, 7) is 7.31. The molecule has 2 heterocycles. The highest BCUT2D eigenvalue weighted by atomic mass is 15.2. The third-order valence-electron chi connectivity index (χ3n) is 3.74. The second-order valence-electron chi connectivity index (χ2n) is 5.82. The first-order valence-corrected chi connectivity index (χ1v) is 7.19. The zero-order valence-electron chi connectivity index (χ0n) is 13.1. The molecule has 3 aromatic rings. The van der Waals surface area contributed by atoms with Gasteiger partial charge in [0.05, 0.1) is 7.05 Å². The zero-order chi connectivity index (χ0) is 15.0. The normalized spacial score (nSPS) is 11.0. The van der Waals surface area contributed by atoms with Crippen molar-refractivity contribution in [1.82, 2.24) is 9.13 Å². The Balaban J connectivity index is 1.92. The van der Waals surface area contributed by atoms with Crippen molar-refractivity contribution in [3.63, 3.8) is 0 Å². The van der Waals surface area contributed by atoms with E-state index in [4.69, 9.17) is 0 Å². The summed E-state index contributed by atoms with van der Waals surface area (Å²) in [5, 5.41) is 0. The molecule has 2 aromatic heterocycles. The second kappa shape index (κ2) is 5.20. The van der Waals surface area contributed by atoms with Crippen LogP contribution in [0.3, 0.4) is 0 Å². The minimum atomic E-state index is 0.817. The molecule has 0 spiro atoms. The number of aryl methyl sites for hydroxylation is 4. The third kappa shape index (κ3) is 2.75. The fourth-order valence-corrected chi connectivity index (χ4v) is 2.96. The van der Waals surface area contributed by atoms with Crippen LogP contribution in [0, 0.1) is 20.8 Å². The van der Waals surface area contributed by atoms with Crippen LogP contribution in [-0.2, 0) is 13.7 Å². The van der Waals surface area contributed by atoms with Crippen LogP contribution < -0.4 is 9.13 Å².